The normalized spacial score (nSPS) is 19.4. The molecule has 1 saturated heterocycles. The van der Waals surface area contributed by atoms with Gasteiger partial charge in [0.1, 0.15) is 5.84 Å². The van der Waals surface area contributed by atoms with Gasteiger partial charge in [-0.15, -0.1) is 0 Å². The van der Waals surface area contributed by atoms with Crippen LogP contribution in [0.4, 0.5) is 11.4 Å². The summed E-state index contributed by atoms with van der Waals surface area (Å²) in [6.07, 6.45) is 0.680. The van der Waals surface area contributed by atoms with Crippen LogP contribution >= 0.6 is 0 Å². The standard InChI is InChI=1S/C21H21N3O/c1-12-4-5-15-10-18(23-17(15)9-12)20-19(25)11-24(21(20)22)16-7-13(2)6-14(3)8-16/h4-9,22-23H,10-11H2,1-3H3. The van der Waals surface area contributed by atoms with Gasteiger partial charge in [0.25, 0.3) is 0 Å². The van der Waals surface area contributed by atoms with Gasteiger partial charge in [-0.05, 0) is 61.2 Å². The largest absolute Gasteiger partial charge is 0.358 e. The van der Waals surface area contributed by atoms with Gasteiger partial charge in [0, 0.05) is 23.5 Å². The van der Waals surface area contributed by atoms with E-state index < -0.39 is 0 Å². The van der Waals surface area contributed by atoms with E-state index in [1.54, 1.807) is 4.90 Å². The molecule has 4 rings (SSSR count). The van der Waals surface area contributed by atoms with Gasteiger partial charge in [-0.25, -0.2) is 0 Å². The van der Waals surface area contributed by atoms with Crippen LogP contribution in [0, 0.1) is 26.2 Å². The van der Waals surface area contributed by atoms with Crippen molar-refractivity contribution in [1.29, 1.82) is 5.41 Å². The summed E-state index contributed by atoms with van der Waals surface area (Å²) in [5, 5.41) is 12.0. The van der Waals surface area contributed by atoms with Crippen LogP contribution in [0.2, 0.25) is 0 Å². The van der Waals surface area contributed by atoms with E-state index in [2.05, 4.69) is 36.5 Å². The Morgan fingerprint density at radius 3 is 2.44 bits per heavy atom. The number of Topliss-reactive ketones (excluding diaryl/α,β-unsaturated/α-hetero) is 1. The van der Waals surface area contributed by atoms with E-state index in [9.17, 15) is 4.79 Å². The molecule has 2 aliphatic heterocycles. The number of amidine groups is 1. The zero-order chi connectivity index (χ0) is 17.7. The molecule has 0 spiro atoms. The first kappa shape index (κ1) is 15.6. The number of fused-ring (bicyclic) bond motifs is 1. The number of anilines is 2. The average Bonchev–Trinajstić information content (AvgIpc) is 3.06. The van der Waals surface area contributed by atoms with Crippen molar-refractivity contribution in [3.8, 4) is 0 Å². The van der Waals surface area contributed by atoms with Crippen molar-refractivity contribution in [1.82, 2.24) is 0 Å². The first-order chi connectivity index (χ1) is 11.9. The number of benzene rings is 2. The lowest BCUT2D eigenvalue weighted by Gasteiger charge is -2.18. The fourth-order valence-corrected chi connectivity index (χ4v) is 3.72. The summed E-state index contributed by atoms with van der Waals surface area (Å²) >= 11 is 0. The second-order valence-corrected chi connectivity index (χ2v) is 7.02. The van der Waals surface area contributed by atoms with Crippen molar-refractivity contribution in [3.05, 3.63) is 69.9 Å². The van der Waals surface area contributed by atoms with Crippen LogP contribution in [0.15, 0.2) is 47.7 Å². The number of hydrogen-bond donors (Lipinski definition) is 2. The molecule has 0 atom stereocenters. The number of rotatable bonds is 1. The Labute approximate surface area is 147 Å². The van der Waals surface area contributed by atoms with Crippen molar-refractivity contribution >= 4 is 23.0 Å². The smallest absolute Gasteiger partial charge is 0.188 e. The van der Waals surface area contributed by atoms with E-state index in [1.807, 2.05) is 26.0 Å². The molecule has 2 aromatic carbocycles. The predicted molar refractivity (Wildman–Crippen MR) is 102 cm³/mol. The molecular weight excluding hydrogens is 310 g/mol. The van der Waals surface area contributed by atoms with Gasteiger partial charge in [-0.1, -0.05) is 18.2 Å². The molecule has 0 amide bonds. The summed E-state index contributed by atoms with van der Waals surface area (Å²) in [5.74, 6) is 0.304. The van der Waals surface area contributed by atoms with Gasteiger partial charge in [0.05, 0.1) is 12.1 Å². The zero-order valence-electron chi connectivity index (χ0n) is 14.7. The molecule has 0 aromatic heterocycles. The predicted octanol–water partition coefficient (Wildman–Crippen LogP) is 3.90. The van der Waals surface area contributed by atoms with Gasteiger partial charge in [0.2, 0.25) is 0 Å². The third kappa shape index (κ3) is 2.64. The van der Waals surface area contributed by atoms with Crippen LogP contribution < -0.4 is 10.2 Å². The number of aryl methyl sites for hydroxylation is 3. The summed E-state index contributed by atoms with van der Waals surface area (Å²) in [7, 11) is 0. The van der Waals surface area contributed by atoms with Crippen molar-refractivity contribution in [2.75, 3.05) is 16.8 Å². The Kier molecular flexibility index (Phi) is 3.49. The molecule has 0 bridgehead atoms. The molecular formula is C21H21N3O. The van der Waals surface area contributed by atoms with Gasteiger partial charge in [-0.2, -0.15) is 0 Å². The molecule has 1 fully saturated rings. The number of hydrogen-bond acceptors (Lipinski definition) is 3. The number of allylic oxidation sites excluding steroid dienone is 1. The monoisotopic (exact) mass is 331 g/mol. The average molecular weight is 331 g/mol. The van der Waals surface area contributed by atoms with Gasteiger partial charge >= 0.3 is 0 Å². The fraction of sp³-hybridized carbons (Fsp3) is 0.238. The lowest BCUT2D eigenvalue weighted by Crippen LogP contribution is -2.25. The molecule has 126 valence electrons. The van der Waals surface area contributed by atoms with Crippen molar-refractivity contribution in [2.24, 2.45) is 0 Å². The third-order valence-corrected chi connectivity index (χ3v) is 4.83. The number of nitrogens with zero attached hydrogens (tertiary/aromatic N) is 1. The maximum atomic E-state index is 12.7. The molecule has 25 heavy (non-hydrogen) atoms. The van der Waals surface area contributed by atoms with E-state index in [4.69, 9.17) is 5.41 Å². The molecule has 0 saturated carbocycles. The minimum absolute atomic E-state index is 0.0104. The van der Waals surface area contributed by atoms with E-state index in [-0.39, 0.29) is 12.3 Å². The highest BCUT2D eigenvalue weighted by Gasteiger charge is 2.35. The van der Waals surface area contributed by atoms with Crippen LogP contribution in [0.25, 0.3) is 0 Å². The van der Waals surface area contributed by atoms with E-state index in [0.29, 0.717) is 17.8 Å². The second-order valence-electron chi connectivity index (χ2n) is 7.02. The Morgan fingerprint density at radius 2 is 1.72 bits per heavy atom. The summed E-state index contributed by atoms with van der Waals surface area (Å²) in [4.78, 5) is 14.5. The number of ketones is 1. The number of carbonyl (C=O) groups excluding carboxylic acids is 1. The summed E-state index contributed by atoms with van der Waals surface area (Å²) in [5.41, 5.74) is 7.97. The summed E-state index contributed by atoms with van der Waals surface area (Å²) in [6.45, 7) is 6.36. The molecule has 2 N–H and O–H groups in total. The van der Waals surface area contributed by atoms with Crippen LogP contribution in [-0.2, 0) is 11.2 Å². The van der Waals surface area contributed by atoms with Crippen LogP contribution in [0.5, 0.6) is 0 Å². The molecule has 2 heterocycles. The highest BCUT2D eigenvalue weighted by molar-refractivity contribution is 6.33. The van der Waals surface area contributed by atoms with Crippen molar-refractivity contribution in [2.45, 2.75) is 27.2 Å². The SMILES string of the molecule is Cc1cc(C)cc(N2CC(=O)C(=C3Cc4ccc(C)cc4N3)C2=N)c1. The van der Waals surface area contributed by atoms with Crippen LogP contribution in [0.3, 0.4) is 0 Å². The highest BCUT2D eigenvalue weighted by atomic mass is 16.1. The molecule has 4 nitrogen and oxygen atoms in total. The highest BCUT2D eigenvalue weighted by Crippen LogP contribution is 2.34. The first-order valence-corrected chi connectivity index (χ1v) is 8.50. The number of carbonyl (C=O) groups is 1. The number of nitrogens with one attached hydrogen (secondary N) is 2. The van der Waals surface area contributed by atoms with E-state index in [1.165, 1.54) is 11.1 Å². The Morgan fingerprint density at radius 1 is 1.00 bits per heavy atom. The lowest BCUT2D eigenvalue weighted by molar-refractivity contribution is -0.113. The first-order valence-electron chi connectivity index (χ1n) is 8.50. The fourth-order valence-electron chi connectivity index (χ4n) is 3.72. The van der Waals surface area contributed by atoms with Crippen LogP contribution in [-0.4, -0.2) is 18.2 Å². The molecule has 2 aromatic rings. The van der Waals surface area contributed by atoms with Gasteiger partial charge < -0.3 is 10.2 Å². The zero-order valence-corrected chi connectivity index (χ0v) is 14.7. The van der Waals surface area contributed by atoms with E-state index in [0.717, 1.165) is 28.2 Å². The molecule has 0 unspecified atom stereocenters. The molecule has 2 aliphatic rings. The Bertz CT molecular complexity index is 935. The maximum Gasteiger partial charge on any atom is 0.188 e. The Balaban J connectivity index is 1.71. The van der Waals surface area contributed by atoms with Gasteiger partial charge in [0.15, 0.2) is 5.78 Å². The van der Waals surface area contributed by atoms with Crippen molar-refractivity contribution in [3.63, 3.8) is 0 Å². The summed E-state index contributed by atoms with van der Waals surface area (Å²) in [6, 6.07) is 12.4. The lowest BCUT2D eigenvalue weighted by atomic mass is 10.1. The minimum Gasteiger partial charge on any atom is -0.358 e. The maximum absolute atomic E-state index is 12.7. The molecule has 0 radical (unpaired) electrons. The van der Waals surface area contributed by atoms with E-state index >= 15 is 0 Å². The molecule has 4 heteroatoms. The third-order valence-electron chi connectivity index (χ3n) is 4.83. The molecule has 0 aliphatic carbocycles. The van der Waals surface area contributed by atoms with Crippen LogP contribution in [0.1, 0.15) is 22.3 Å². The second kappa shape index (κ2) is 5.59. The summed E-state index contributed by atoms with van der Waals surface area (Å²) < 4.78 is 0. The van der Waals surface area contributed by atoms with Crippen molar-refractivity contribution < 1.29 is 4.79 Å². The minimum atomic E-state index is 0.0104. The Hall–Kier alpha value is -2.88. The quantitative estimate of drug-likeness (QED) is 0.779. The van der Waals surface area contributed by atoms with Gasteiger partial charge in [-0.3, -0.25) is 10.2 Å². The topological polar surface area (TPSA) is 56.2 Å².